The first-order valence-corrected chi connectivity index (χ1v) is 7.98. The van der Waals surface area contributed by atoms with E-state index in [4.69, 9.17) is 4.74 Å². The molecule has 112 valence electrons. The lowest BCUT2D eigenvalue weighted by Gasteiger charge is -2.19. The maximum atomic E-state index is 5.74. The number of pyridine rings is 1. The van der Waals surface area contributed by atoms with Crippen molar-refractivity contribution in [2.75, 3.05) is 7.05 Å². The van der Waals surface area contributed by atoms with Crippen LogP contribution in [0.5, 0.6) is 5.75 Å². The number of nitrogens with one attached hydrogen (secondary N) is 1. The number of rotatable bonds is 7. The summed E-state index contributed by atoms with van der Waals surface area (Å²) >= 11 is 0. The van der Waals surface area contributed by atoms with Crippen molar-refractivity contribution in [1.29, 1.82) is 0 Å². The van der Waals surface area contributed by atoms with Gasteiger partial charge in [-0.05, 0) is 51.3 Å². The van der Waals surface area contributed by atoms with Crippen LogP contribution in [0.3, 0.4) is 0 Å². The third-order valence-corrected chi connectivity index (χ3v) is 4.20. The smallest absolute Gasteiger partial charge is 0.138 e. The van der Waals surface area contributed by atoms with E-state index >= 15 is 0 Å². The maximum absolute atomic E-state index is 5.74. The van der Waals surface area contributed by atoms with E-state index in [1.165, 1.54) is 44.1 Å². The Labute approximate surface area is 123 Å². The van der Waals surface area contributed by atoms with Gasteiger partial charge in [-0.1, -0.05) is 25.7 Å². The summed E-state index contributed by atoms with van der Waals surface area (Å²) in [6.07, 6.45) is 12.2. The van der Waals surface area contributed by atoms with Crippen LogP contribution in [0.15, 0.2) is 18.5 Å². The molecule has 0 saturated heterocycles. The molecule has 1 aliphatic carbocycles. The highest BCUT2D eigenvalue weighted by atomic mass is 16.5. The fourth-order valence-corrected chi connectivity index (χ4v) is 3.14. The molecule has 2 rings (SSSR count). The van der Waals surface area contributed by atoms with Crippen molar-refractivity contribution in [2.24, 2.45) is 5.92 Å². The Morgan fingerprint density at radius 1 is 1.30 bits per heavy atom. The summed E-state index contributed by atoms with van der Waals surface area (Å²) in [5, 5.41) is 3.43. The lowest BCUT2D eigenvalue weighted by Crippen LogP contribution is -2.18. The Bertz CT molecular complexity index is 400. The van der Waals surface area contributed by atoms with Crippen molar-refractivity contribution in [3.05, 3.63) is 24.0 Å². The van der Waals surface area contributed by atoms with Gasteiger partial charge in [0.25, 0.3) is 0 Å². The van der Waals surface area contributed by atoms with Gasteiger partial charge in [-0.15, -0.1) is 0 Å². The Kier molecular flexibility index (Phi) is 5.84. The predicted molar refractivity (Wildman–Crippen MR) is 83.0 cm³/mol. The summed E-state index contributed by atoms with van der Waals surface area (Å²) in [4.78, 5) is 4.32. The largest absolute Gasteiger partial charge is 0.489 e. The molecule has 1 N–H and O–H groups in total. The Balaban J connectivity index is 1.95. The average molecular weight is 276 g/mol. The maximum Gasteiger partial charge on any atom is 0.138 e. The summed E-state index contributed by atoms with van der Waals surface area (Å²) < 4.78 is 5.74. The predicted octanol–water partition coefficient (Wildman–Crippen LogP) is 4.10. The SMILES string of the molecule is CNC(CCC1CCCC1)c1cncc(OC(C)C)c1. The Morgan fingerprint density at radius 3 is 2.70 bits per heavy atom. The monoisotopic (exact) mass is 276 g/mol. The van der Waals surface area contributed by atoms with Gasteiger partial charge in [0.1, 0.15) is 5.75 Å². The zero-order chi connectivity index (χ0) is 14.4. The average Bonchev–Trinajstić information content (AvgIpc) is 2.92. The first kappa shape index (κ1) is 15.3. The van der Waals surface area contributed by atoms with E-state index < -0.39 is 0 Å². The zero-order valence-electron chi connectivity index (χ0n) is 13.1. The summed E-state index contributed by atoms with van der Waals surface area (Å²) in [5.74, 6) is 1.81. The lowest BCUT2D eigenvalue weighted by molar-refractivity contribution is 0.241. The summed E-state index contributed by atoms with van der Waals surface area (Å²) in [6.45, 7) is 4.09. The lowest BCUT2D eigenvalue weighted by atomic mass is 9.95. The van der Waals surface area contributed by atoms with Crippen molar-refractivity contribution < 1.29 is 4.74 Å². The van der Waals surface area contributed by atoms with E-state index in [1.807, 2.05) is 27.1 Å². The standard InChI is InChI=1S/C17H28N2O/c1-13(2)20-16-10-15(11-19-12-16)17(18-3)9-8-14-6-4-5-7-14/h10-14,17-18H,4-9H2,1-3H3. The van der Waals surface area contributed by atoms with E-state index in [0.29, 0.717) is 6.04 Å². The van der Waals surface area contributed by atoms with Gasteiger partial charge in [0, 0.05) is 12.2 Å². The van der Waals surface area contributed by atoms with Gasteiger partial charge in [-0.25, -0.2) is 0 Å². The number of ether oxygens (including phenoxy) is 1. The van der Waals surface area contributed by atoms with Crippen LogP contribution in [0.2, 0.25) is 0 Å². The van der Waals surface area contributed by atoms with E-state index in [0.717, 1.165) is 11.7 Å². The Morgan fingerprint density at radius 2 is 2.05 bits per heavy atom. The fourth-order valence-electron chi connectivity index (χ4n) is 3.14. The third kappa shape index (κ3) is 4.48. The highest BCUT2D eigenvalue weighted by molar-refractivity contribution is 5.26. The minimum atomic E-state index is 0.193. The molecule has 0 aliphatic heterocycles. The number of hydrogen-bond acceptors (Lipinski definition) is 3. The third-order valence-electron chi connectivity index (χ3n) is 4.20. The molecule has 1 aromatic rings. The van der Waals surface area contributed by atoms with E-state index in [-0.39, 0.29) is 6.10 Å². The van der Waals surface area contributed by atoms with Gasteiger partial charge >= 0.3 is 0 Å². The minimum Gasteiger partial charge on any atom is -0.489 e. The van der Waals surface area contributed by atoms with Gasteiger partial charge < -0.3 is 10.1 Å². The van der Waals surface area contributed by atoms with E-state index in [1.54, 1.807) is 6.20 Å². The summed E-state index contributed by atoms with van der Waals surface area (Å²) in [5.41, 5.74) is 1.24. The molecular formula is C17H28N2O. The number of hydrogen-bond donors (Lipinski definition) is 1. The topological polar surface area (TPSA) is 34.2 Å². The van der Waals surface area contributed by atoms with Crippen molar-refractivity contribution in [1.82, 2.24) is 10.3 Å². The molecule has 0 bridgehead atoms. The molecule has 0 amide bonds. The van der Waals surface area contributed by atoms with Gasteiger partial charge in [0.2, 0.25) is 0 Å². The van der Waals surface area contributed by atoms with E-state index in [2.05, 4.69) is 16.4 Å². The van der Waals surface area contributed by atoms with Gasteiger partial charge in [-0.3, -0.25) is 4.98 Å². The van der Waals surface area contributed by atoms with Crippen LogP contribution in [-0.2, 0) is 0 Å². The molecule has 0 spiro atoms. The first-order chi connectivity index (χ1) is 9.69. The van der Waals surface area contributed by atoms with Crippen molar-refractivity contribution >= 4 is 0 Å². The quantitative estimate of drug-likeness (QED) is 0.814. The van der Waals surface area contributed by atoms with Crippen molar-refractivity contribution in [2.45, 2.75) is 64.5 Å². The molecule has 0 aromatic carbocycles. The van der Waals surface area contributed by atoms with Crippen molar-refractivity contribution in [3.63, 3.8) is 0 Å². The molecule has 3 nitrogen and oxygen atoms in total. The van der Waals surface area contributed by atoms with Crippen LogP contribution >= 0.6 is 0 Å². The van der Waals surface area contributed by atoms with Crippen molar-refractivity contribution in [3.8, 4) is 5.75 Å². The highest BCUT2D eigenvalue weighted by Crippen LogP contribution is 2.31. The number of aromatic nitrogens is 1. The van der Waals surface area contributed by atoms with Crippen LogP contribution in [0.25, 0.3) is 0 Å². The molecule has 3 heteroatoms. The van der Waals surface area contributed by atoms with Gasteiger partial charge in [0.05, 0.1) is 12.3 Å². The molecule has 1 unspecified atom stereocenters. The van der Waals surface area contributed by atoms with Gasteiger partial charge in [0.15, 0.2) is 0 Å². The molecule has 1 fully saturated rings. The number of nitrogens with zero attached hydrogens (tertiary/aromatic N) is 1. The molecular weight excluding hydrogens is 248 g/mol. The molecule has 1 saturated carbocycles. The first-order valence-electron chi connectivity index (χ1n) is 7.98. The minimum absolute atomic E-state index is 0.193. The molecule has 20 heavy (non-hydrogen) atoms. The zero-order valence-corrected chi connectivity index (χ0v) is 13.1. The second kappa shape index (κ2) is 7.63. The van der Waals surface area contributed by atoms with Crippen LogP contribution in [0.1, 0.15) is 64.0 Å². The summed E-state index contributed by atoms with van der Waals surface area (Å²) in [7, 11) is 2.04. The molecule has 0 radical (unpaired) electrons. The second-order valence-electron chi connectivity index (χ2n) is 6.19. The molecule has 1 aliphatic rings. The van der Waals surface area contributed by atoms with Crippen LogP contribution in [0.4, 0.5) is 0 Å². The molecule has 1 aromatic heterocycles. The van der Waals surface area contributed by atoms with E-state index in [9.17, 15) is 0 Å². The van der Waals surface area contributed by atoms with Crippen LogP contribution in [0, 0.1) is 5.92 Å². The second-order valence-corrected chi connectivity index (χ2v) is 6.19. The Hall–Kier alpha value is -1.09. The van der Waals surface area contributed by atoms with Gasteiger partial charge in [-0.2, -0.15) is 0 Å². The highest BCUT2D eigenvalue weighted by Gasteiger charge is 2.18. The summed E-state index contributed by atoms with van der Waals surface area (Å²) in [6, 6.07) is 2.52. The normalized spacial score (nSPS) is 17.6. The van der Waals surface area contributed by atoms with Crippen LogP contribution in [-0.4, -0.2) is 18.1 Å². The molecule has 1 heterocycles. The van der Waals surface area contributed by atoms with Crippen LogP contribution < -0.4 is 10.1 Å². The molecule has 1 atom stereocenters. The fraction of sp³-hybridized carbons (Fsp3) is 0.706.